The van der Waals surface area contributed by atoms with E-state index < -0.39 is 11.9 Å². The van der Waals surface area contributed by atoms with E-state index in [0.29, 0.717) is 16.9 Å². The number of carbonyl (C=O) groups excluding carboxylic acids is 3. The number of hydrogen-bond donors (Lipinski definition) is 1. The van der Waals surface area contributed by atoms with Gasteiger partial charge in [0, 0.05) is 16.6 Å². The highest BCUT2D eigenvalue weighted by molar-refractivity contribution is 7.20. The zero-order valence-electron chi connectivity index (χ0n) is 14.4. The largest absolute Gasteiger partial charge is 0.455 e. The summed E-state index contributed by atoms with van der Waals surface area (Å²) in [5, 5.41) is 7.25. The lowest BCUT2D eigenvalue weighted by Crippen LogP contribution is -2.21. The van der Waals surface area contributed by atoms with Crippen LogP contribution in [0.2, 0.25) is 0 Å². The Hall–Kier alpha value is -2.84. The summed E-state index contributed by atoms with van der Waals surface area (Å²) < 4.78 is 5.00. The lowest BCUT2D eigenvalue weighted by Gasteiger charge is -2.06. The molecule has 1 amide bonds. The van der Waals surface area contributed by atoms with Gasteiger partial charge in [0.25, 0.3) is 5.91 Å². The second-order valence-electron chi connectivity index (χ2n) is 5.64. The van der Waals surface area contributed by atoms with Crippen LogP contribution in [-0.4, -0.2) is 29.3 Å². The number of Topliss-reactive ketones (excluding diaryl/α,β-unsaturated/α-hetero) is 1. The molecule has 0 aliphatic rings. The number of benzene rings is 1. The summed E-state index contributed by atoms with van der Waals surface area (Å²) in [6.07, 6.45) is 0.0163. The number of esters is 1. The molecule has 0 spiro atoms. The van der Waals surface area contributed by atoms with Crippen LogP contribution in [-0.2, 0) is 20.7 Å². The van der Waals surface area contributed by atoms with Crippen molar-refractivity contribution in [3.8, 4) is 9.88 Å². The molecule has 8 heteroatoms. The van der Waals surface area contributed by atoms with E-state index in [4.69, 9.17) is 4.74 Å². The van der Waals surface area contributed by atoms with E-state index in [1.54, 1.807) is 35.6 Å². The molecule has 0 saturated heterocycles. The van der Waals surface area contributed by atoms with Gasteiger partial charge in [-0.2, -0.15) is 0 Å². The average molecular weight is 400 g/mol. The molecule has 1 aromatic carbocycles. The van der Waals surface area contributed by atoms with Gasteiger partial charge < -0.3 is 10.1 Å². The smallest absolute Gasteiger partial charge is 0.312 e. The molecule has 0 aliphatic carbocycles. The fraction of sp³-hybridized carbons (Fsp3) is 0.158. The van der Waals surface area contributed by atoms with E-state index in [1.807, 2.05) is 22.9 Å². The molecule has 1 N–H and O–H groups in total. The van der Waals surface area contributed by atoms with Crippen molar-refractivity contribution in [1.29, 1.82) is 0 Å². The number of carbonyl (C=O) groups is 3. The van der Waals surface area contributed by atoms with Crippen molar-refractivity contribution in [2.24, 2.45) is 0 Å². The van der Waals surface area contributed by atoms with Crippen molar-refractivity contribution in [1.82, 2.24) is 4.98 Å². The summed E-state index contributed by atoms with van der Waals surface area (Å²) in [5.41, 5.74) is 1.71. The van der Waals surface area contributed by atoms with E-state index in [9.17, 15) is 14.4 Å². The van der Waals surface area contributed by atoms with Crippen molar-refractivity contribution >= 4 is 46.0 Å². The van der Waals surface area contributed by atoms with Gasteiger partial charge in [-0.15, -0.1) is 22.7 Å². The fourth-order valence-electron chi connectivity index (χ4n) is 2.23. The van der Waals surface area contributed by atoms with Gasteiger partial charge in [-0.1, -0.05) is 6.07 Å². The summed E-state index contributed by atoms with van der Waals surface area (Å²) in [4.78, 5) is 40.5. The van der Waals surface area contributed by atoms with Gasteiger partial charge in [-0.25, -0.2) is 4.98 Å². The summed E-state index contributed by atoms with van der Waals surface area (Å²) in [7, 11) is 0. The average Bonchev–Trinajstić information content (AvgIpc) is 3.32. The summed E-state index contributed by atoms with van der Waals surface area (Å²) >= 11 is 3.05. The van der Waals surface area contributed by atoms with Gasteiger partial charge in [0.05, 0.1) is 17.0 Å². The molecule has 0 saturated carbocycles. The van der Waals surface area contributed by atoms with Crippen LogP contribution < -0.4 is 5.32 Å². The maximum atomic E-state index is 11.9. The first-order valence-corrected chi connectivity index (χ1v) is 9.82. The number of thiazole rings is 1. The lowest BCUT2D eigenvalue weighted by atomic mass is 10.1. The van der Waals surface area contributed by atoms with Crippen LogP contribution in [0.4, 0.5) is 5.69 Å². The maximum Gasteiger partial charge on any atom is 0.312 e. The molecule has 3 rings (SSSR count). The number of thiophene rings is 1. The van der Waals surface area contributed by atoms with Gasteiger partial charge in [0.1, 0.15) is 5.01 Å². The van der Waals surface area contributed by atoms with Gasteiger partial charge in [0.2, 0.25) is 0 Å². The Bertz CT molecular complexity index is 947. The monoisotopic (exact) mass is 400 g/mol. The first-order chi connectivity index (χ1) is 13.0. The lowest BCUT2D eigenvalue weighted by molar-refractivity contribution is -0.146. The number of rotatable bonds is 7. The summed E-state index contributed by atoms with van der Waals surface area (Å²) in [6, 6.07) is 10.4. The number of ketones is 1. The zero-order valence-corrected chi connectivity index (χ0v) is 16.1. The topological polar surface area (TPSA) is 85.4 Å². The van der Waals surface area contributed by atoms with Crippen LogP contribution in [0.5, 0.6) is 0 Å². The van der Waals surface area contributed by atoms with Crippen molar-refractivity contribution in [2.75, 3.05) is 11.9 Å². The first-order valence-electron chi connectivity index (χ1n) is 8.06. The van der Waals surface area contributed by atoms with Crippen molar-refractivity contribution < 1.29 is 19.1 Å². The molecule has 0 atom stereocenters. The Kier molecular flexibility index (Phi) is 6.10. The second-order valence-corrected chi connectivity index (χ2v) is 7.45. The molecule has 2 heterocycles. The number of nitrogens with one attached hydrogen (secondary N) is 1. The number of ether oxygens (including phenoxy) is 1. The molecule has 0 radical (unpaired) electrons. The van der Waals surface area contributed by atoms with Crippen LogP contribution in [0, 0.1) is 0 Å². The quantitative estimate of drug-likeness (QED) is 0.482. The standard InChI is InChI=1S/C19H16N2O4S2/c1-12(22)13-4-6-14(7-5-13)20-17(23)10-25-18(24)9-15-11-27-19(21-15)16-3-2-8-26-16/h2-8,11H,9-10H2,1H3,(H,20,23). The molecule has 2 aromatic heterocycles. The van der Waals surface area contributed by atoms with Gasteiger partial charge >= 0.3 is 5.97 Å². The van der Waals surface area contributed by atoms with E-state index in [0.717, 1.165) is 9.88 Å². The van der Waals surface area contributed by atoms with E-state index >= 15 is 0 Å². The van der Waals surface area contributed by atoms with E-state index in [1.165, 1.54) is 18.3 Å². The normalized spacial score (nSPS) is 10.4. The van der Waals surface area contributed by atoms with E-state index in [2.05, 4.69) is 10.3 Å². The third-order valence-electron chi connectivity index (χ3n) is 3.55. The predicted molar refractivity (Wildman–Crippen MR) is 105 cm³/mol. The maximum absolute atomic E-state index is 11.9. The van der Waals surface area contributed by atoms with Gasteiger partial charge in [0.15, 0.2) is 12.4 Å². The SMILES string of the molecule is CC(=O)c1ccc(NC(=O)COC(=O)Cc2csc(-c3cccs3)n2)cc1. The Morgan fingerprint density at radius 2 is 1.89 bits per heavy atom. The Balaban J connectivity index is 1.46. The van der Waals surface area contributed by atoms with Crippen molar-refractivity contribution in [2.45, 2.75) is 13.3 Å². The third-order valence-corrected chi connectivity index (χ3v) is 5.48. The van der Waals surface area contributed by atoms with Crippen LogP contribution >= 0.6 is 22.7 Å². The molecular weight excluding hydrogens is 384 g/mol. The molecule has 6 nitrogen and oxygen atoms in total. The minimum atomic E-state index is -0.514. The minimum Gasteiger partial charge on any atom is -0.455 e. The predicted octanol–water partition coefficient (Wildman–Crippen LogP) is 3.80. The minimum absolute atomic E-state index is 0.0163. The highest BCUT2D eigenvalue weighted by atomic mass is 32.1. The number of nitrogens with zero attached hydrogens (tertiary/aromatic N) is 1. The molecule has 27 heavy (non-hydrogen) atoms. The molecule has 138 valence electrons. The van der Waals surface area contributed by atoms with Crippen LogP contribution in [0.15, 0.2) is 47.2 Å². The number of anilines is 1. The van der Waals surface area contributed by atoms with Crippen LogP contribution in [0.3, 0.4) is 0 Å². The second kappa shape index (κ2) is 8.70. The first kappa shape index (κ1) is 18.9. The Labute approximate surface area is 163 Å². The summed E-state index contributed by atoms with van der Waals surface area (Å²) in [5.74, 6) is -1.01. The van der Waals surface area contributed by atoms with E-state index in [-0.39, 0.29) is 18.8 Å². The molecule has 0 bridgehead atoms. The van der Waals surface area contributed by atoms with Crippen LogP contribution in [0.1, 0.15) is 23.0 Å². The molecule has 0 fully saturated rings. The zero-order chi connectivity index (χ0) is 19.2. The van der Waals surface area contributed by atoms with Crippen molar-refractivity contribution in [3.05, 3.63) is 58.4 Å². The molecule has 0 aliphatic heterocycles. The summed E-state index contributed by atoms with van der Waals surface area (Å²) in [6.45, 7) is 1.09. The number of hydrogen-bond acceptors (Lipinski definition) is 7. The Morgan fingerprint density at radius 3 is 2.56 bits per heavy atom. The highest BCUT2D eigenvalue weighted by Crippen LogP contribution is 2.27. The van der Waals surface area contributed by atoms with Gasteiger partial charge in [-0.05, 0) is 42.6 Å². The third kappa shape index (κ3) is 5.32. The molecular formula is C19H16N2O4S2. The number of amides is 1. The Morgan fingerprint density at radius 1 is 1.11 bits per heavy atom. The fourth-order valence-corrected chi connectivity index (χ4v) is 3.87. The van der Waals surface area contributed by atoms with Crippen LogP contribution in [0.25, 0.3) is 9.88 Å². The number of aromatic nitrogens is 1. The van der Waals surface area contributed by atoms with Gasteiger partial charge in [-0.3, -0.25) is 14.4 Å². The van der Waals surface area contributed by atoms with Crippen molar-refractivity contribution in [3.63, 3.8) is 0 Å². The molecule has 0 unspecified atom stereocenters. The highest BCUT2D eigenvalue weighted by Gasteiger charge is 2.12. The molecule has 3 aromatic rings.